The smallest absolute Gasteiger partial charge is 0.263 e. The maximum Gasteiger partial charge on any atom is 0.263 e. The van der Waals surface area contributed by atoms with E-state index in [1.165, 1.54) is 11.9 Å². The first kappa shape index (κ1) is 14.1. The summed E-state index contributed by atoms with van der Waals surface area (Å²) < 4.78 is 11.1. The van der Waals surface area contributed by atoms with Crippen molar-refractivity contribution in [2.24, 2.45) is 0 Å². The van der Waals surface area contributed by atoms with Crippen LogP contribution in [0.15, 0.2) is 41.2 Å². The Bertz CT molecular complexity index is 803. The average Bonchev–Trinajstić information content (AvgIpc) is 3.21. The van der Waals surface area contributed by atoms with Crippen molar-refractivity contribution < 1.29 is 9.26 Å². The van der Waals surface area contributed by atoms with Crippen molar-refractivity contribution in [2.75, 3.05) is 18.5 Å². The van der Waals surface area contributed by atoms with Gasteiger partial charge in [-0.3, -0.25) is 0 Å². The molecule has 0 spiro atoms. The Labute approximate surface area is 133 Å². The number of fused-ring (bicyclic) bond motifs is 1. The number of ether oxygens (including phenoxy) is 1. The van der Waals surface area contributed by atoms with Gasteiger partial charge in [-0.2, -0.15) is 4.98 Å². The highest BCUT2D eigenvalue weighted by molar-refractivity contribution is 5.87. The Balaban J connectivity index is 1.43. The second-order valence-corrected chi connectivity index (χ2v) is 5.85. The van der Waals surface area contributed by atoms with E-state index < -0.39 is 0 Å². The summed E-state index contributed by atoms with van der Waals surface area (Å²) in [7, 11) is 0. The van der Waals surface area contributed by atoms with Gasteiger partial charge in [0.25, 0.3) is 5.71 Å². The van der Waals surface area contributed by atoms with Crippen molar-refractivity contribution in [3.05, 3.63) is 47.9 Å². The fourth-order valence-corrected chi connectivity index (χ4v) is 3.07. The third-order valence-corrected chi connectivity index (χ3v) is 4.29. The van der Waals surface area contributed by atoms with Gasteiger partial charge in [0.15, 0.2) is 0 Å². The molecule has 1 fully saturated rings. The molecule has 3 heterocycles. The van der Waals surface area contributed by atoms with Gasteiger partial charge in [0.05, 0.1) is 18.4 Å². The summed E-state index contributed by atoms with van der Waals surface area (Å²) in [6.07, 6.45) is 2.66. The molecule has 0 radical (unpaired) electrons. The fourth-order valence-electron chi connectivity index (χ4n) is 3.07. The van der Waals surface area contributed by atoms with Crippen LogP contribution in [-0.2, 0) is 4.74 Å². The number of nitrogens with zero attached hydrogens (tertiary/aromatic N) is 3. The van der Waals surface area contributed by atoms with E-state index in [9.17, 15) is 0 Å². The zero-order valence-electron chi connectivity index (χ0n) is 12.9. The van der Waals surface area contributed by atoms with Gasteiger partial charge in [-0.15, -0.1) is 0 Å². The van der Waals surface area contributed by atoms with Gasteiger partial charge in [-0.05, 0) is 18.9 Å². The first-order valence-corrected chi connectivity index (χ1v) is 7.78. The minimum atomic E-state index is 0.172. The maximum atomic E-state index is 5.92. The van der Waals surface area contributed by atoms with Gasteiger partial charge in [0, 0.05) is 12.5 Å². The van der Waals surface area contributed by atoms with E-state index >= 15 is 0 Å². The van der Waals surface area contributed by atoms with E-state index in [0.717, 1.165) is 29.9 Å². The third-order valence-electron chi connectivity index (χ3n) is 4.29. The third kappa shape index (κ3) is 2.77. The largest absolute Gasteiger partial charge is 0.376 e. The fraction of sp³-hybridized carbons (Fsp3) is 0.353. The van der Waals surface area contributed by atoms with Gasteiger partial charge in [-0.25, -0.2) is 4.98 Å². The van der Waals surface area contributed by atoms with Gasteiger partial charge < -0.3 is 14.6 Å². The van der Waals surface area contributed by atoms with Gasteiger partial charge >= 0.3 is 0 Å². The second-order valence-electron chi connectivity index (χ2n) is 5.85. The lowest BCUT2D eigenvalue weighted by Gasteiger charge is -2.12. The highest BCUT2D eigenvalue weighted by Crippen LogP contribution is 2.30. The molecule has 6 heteroatoms. The zero-order valence-corrected chi connectivity index (χ0v) is 12.9. The molecule has 23 heavy (non-hydrogen) atoms. The van der Waals surface area contributed by atoms with Crippen LogP contribution < -0.4 is 5.32 Å². The molecule has 2 aromatic heterocycles. The van der Waals surface area contributed by atoms with Crippen LogP contribution in [0.2, 0.25) is 0 Å². The molecule has 0 saturated carbocycles. The van der Waals surface area contributed by atoms with E-state index in [2.05, 4.69) is 44.7 Å². The summed E-state index contributed by atoms with van der Waals surface area (Å²) >= 11 is 0. The Morgan fingerprint density at radius 1 is 1.22 bits per heavy atom. The molecule has 1 aromatic carbocycles. The molecule has 3 aromatic rings. The number of aromatic nitrogens is 3. The van der Waals surface area contributed by atoms with Gasteiger partial charge in [-0.1, -0.05) is 35.5 Å². The molecule has 0 amide bonds. The lowest BCUT2D eigenvalue weighted by Crippen LogP contribution is -2.19. The van der Waals surface area contributed by atoms with E-state index in [-0.39, 0.29) is 6.10 Å². The Morgan fingerprint density at radius 3 is 2.96 bits per heavy atom. The number of hydrogen-bond acceptors (Lipinski definition) is 6. The maximum absolute atomic E-state index is 5.92. The highest BCUT2D eigenvalue weighted by Gasteiger charge is 2.26. The van der Waals surface area contributed by atoms with Crippen LogP contribution in [0.4, 0.5) is 5.82 Å². The molecule has 1 aliphatic heterocycles. The number of aryl methyl sites for hydroxylation is 1. The average molecular weight is 310 g/mol. The van der Waals surface area contributed by atoms with Crippen molar-refractivity contribution in [2.45, 2.75) is 25.4 Å². The minimum Gasteiger partial charge on any atom is -0.376 e. The first-order valence-electron chi connectivity index (χ1n) is 7.78. The molecule has 1 saturated heterocycles. The SMILES string of the molecule is Cc1noc2ncnc(NC[C@@H]3C[C@H](c4ccccc4)CO3)c12. The van der Waals surface area contributed by atoms with Crippen LogP contribution >= 0.6 is 0 Å². The summed E-state index contributed by atoms with van der Waals surface area (Å²) in [6.45, 7) is 3.36. The van der Waals surface area contributed by atoms with Crippen molar-refractivity contribution in [3.8, 4) is 0 Å². The molecule has 1 N–H and O–H groups in total. The second kappa shape index (κ2) is 5.96. The van der Waals surface area contributed by atoms with E-state index in [1.807, 2.05) is 13.0 Å². The first-order chi connectivity index (χ1) is 11.3. The summed E-state index contributed by atoms with van der Waals surface area (Å²) in [4.78, 5) is 8.38. The molecule has 118 valence electrons. The lowest BCUT2D eigenvalue weighted by molar-refractivity contribution is 0.119. The van der Waals surface area contributed by atoms with E-state index in [1.54, 1.807) is 0 Å². The minimum absolute atomic E-state index is 0.172. The zero-order chi connectivity index (χ0) is 15.6. The monoisotopic (exact) mass is 310 g/mol. The molecular formula is C17H18N4O2. The van der Waals surface area contributed by atoms with Crippen molar-refractivity contribution in [1.29, 1.82) is 0 Å². The van der Waals surface area contributed by atoms with Gasteiger partial charge in [0.1, 0.15) is 17.5 Å². The normalized spacial score (nSPS) is 20.9. The van der Waals surface area contributed by atoms with Crippen LogP contribution in [0.25, 0.3) is 11.1 Å². The number of nitrogens with one attached hydrogen (secondary N) is 1. The van der Waals surface area contributed by atoms with E-state index in [4.69, 9.17) is 9.26 Å². The van der Waals surface area contributed by atoms with Crippen LogP contribution in [0.5, 0.6) is 0 Å². The summed E-state index contributed by atoms with van der Waals surface area (Å²) in [5, 5.41) is 8.13. The molecule has 0 bridgehead atoms. The number of hydrogen-bond donors (Lipinski definition) is 1. The molecule has 6 nitrogen and oxygen atoms in total. The Hall–Kier alpha value is -2.47. The number of anilines is 1. The number of benzene rings is 1. The van der Waals surface area contributed by atoms with Crippen molar-refractivity contribution >= 4 is 16.9 Å². The molecule has 1 aliphatic rings. The lowest BCUT2D eigenvalue weighted by atomic mass is 9.96. The van der Waals surface area contributed by atoms with Crippen LogP contribution in [-0.4, -0.2) is 34.4 Å². The predicted molar refractivity (Wildman–Crippen MR) is 86.4 cm³/mol. The van der Waals surface area contributed by atoms with Crippen molar-refractivity contribution in [1.82, 2.24) is 15.1 Å². The van der Waals surface area contributed by atoms with Gasteiger partial charge in [0.2, 0.25) is 0 Å². The van der Waals surface area contributed by atoms with Crippen LogP contribution in [0.1, 0.15) is 23.6 Å². The Morgan fingerprint density at radius 2 is 2.09 bits per heavy atom. The van der Waals surface area contributed by atoms with Crippen LogP contribution in [0, 0.1) is 6.92 Å². The number of rotatable bonds is 4. The molecule has 0 aliphatic carbocycles. The summed E-state index contributed by atoms with van der Waals surface area (Å²) in [5.74, 6) is 1.21. The molecule has 0 unspecified atom stereocenters. The molecule has 4 rings (SSSR count). The molecule has 2 atom stereocenters. The Kier molecular flexibility index (Phi) is 3.67. The molecular weight excluding hydrogens is 292 g/mol. The van der Waals surface area contributed by atoms with Crippen LogP contribution in [0.3, 0.4) is 0 Å². The summed E-state index contributed by atoms with van der Waals surface area (Å²) in [6, 6.07) is 10.5. The highest BCUT2D eigenvalue weighted by atomic mass is 16.5. The summed E-state index contributed by atoms with van der Waals surface area (Å²) in [5.41, 5.74) is 2.64. The van der Waals surface area contributed by atoms with E-state index in [0.29, 0.717) is 18.2 Å². The predicted octanol–water partition coefficient (Wildman–Crippen LogP) is 2.91. The van der Waals surface area contributed by atoms with Crippen molar-refractivity contribution in [3.63, 3.8) is 0 Å². The topological polar surface area (TPSA) is 73.1 Å². The quantitative estimate of drug-likeness (QED) is 0.799. The standard InChI is InChI=1S/C17H18N4O2/c1-11-15-16(19-10-20-17(15)23-21-11)18-8-14-7-13(9-22-14)12-5-3-2-4-6-12/h2-6,10,13-14H,7-9H2,1H3,(H,18,19,20)/t13-,14-/m0/s1.